The van der Waals surface area contributed by atoms with Gasteiger partial charge in [-0.1, -0.05) is 30.7 Å². The van der Waals surface area contributed by atoms with Gasteiger partial charge in [0, 0.05) is 6.20 Å². The van der Waals surface area contributed by atoms with Gasteiger partial charge in [0.1, 0.15) is 11.9 Å². The molecule has 1 aromatic heterocycles. The van der Waals surface area contributed by atoms with Crippen LogP contribution in [0.5, 0.6) is 5.75 Å². The molecule has 19 heavy (non-hydrogen) atoms. The molecule has 0 saturated carbocycles. The molecular formula is C15H16ClNO2. The van der Waals surface area contributed by atoms with Crippen molar-refractivity contribution in [2.45, 2.75) is 19.4 Å². The zero-order valence-electron chi connectivity index (χ0n) is 10.9. The van der Waals surface area contributed by atoms with Gasteiger partial charge in [0.25, 0.3) is 0 Å². The third kappa shape index (κ3) is 2.88. The van der Waals surface area contributed by atoms with Crippen molar-refractivity contribution in [3.8, 4) is 5.75 Å². The Balaban J connectivity index is 2.41. The third-order valence-corrected chi connectivity index (χ3v) is 3.37. The minimum absolute atomic E-state index is 0.523. The largest absolute Gasteiger partial charge is 0.495 e. The number of hydrogen-bond acceptors (Lipinski definition) is 3. The number of rotatable bonds is 4. The average molecular weight is 278 g/mol. The lowest BCUT2D eigenvalue weighted by molar-refractivity contribution is 0.213. The molecule has 0 aliphatic carbocycles. The lowest BCUT2D eigenvalue weighted by Crippen LogP contribution is -2.06. The quantitative estimate of drug-likeness (QED) is 0.931. The Morgan fingerprint density at radius 2 is 2.16 bits per heavy atom. The van der Waals surface area contributed by atoms with E-state index in [2.05, 4.69) is 4.98 Å². The van der Waals surface area contributed by atoms with Crippen molar-refractivity contribution < 1.29 is 9.84 Å². The molecule has 0 aliphatic rings. The normalized spacial score (nSPS) is 12.2. The molecule has 4 heteroatoms. The lowest BCUT2D eigenvalue weighted by atomic mass is 10.0. The van der Waals surface area contributed by atoms with Gasteiger partial charge in [-0.3, -0.25) is 4.98 Å². The molecule has 0 saturated heterocycles. The fraction of sp³-hybridized carbons (Fsp3) is 0.267. The summed E-state index contributed by atoms with van der Waals surface area (Å²) in [5.74, 6) is 0.548. The summed E-state index contributed by atoms with van der Waals surface area (Å²) >= 11 is 5.98. The Morgan fingerprint density at radius 1 is 1.37 bits per heavy atom. The highest BCUT2D eigenvalue weighted by atomic mass is 35.5. The molecular weight excluding hydrogens is 262 g/mol. The van der Waals surface area contributed by atoms with Crippen LogP contribution in [0, 0.1) is 0 Å². The number of methoxy groups -OCH3 is 1. The number of aromatic nitrogens is 1. The molecule has 0 fully saturated rings. The summed E-state index contributed by atoms with van der Waals surface area (Å²) in [6.45, 7) is 2.04. The molecule has 0 radical (unpaired) electrons. The van der Waals surface area contributed by atoms with Crippen molar-refractivity contribution in [2.75, 3.05) is 7.11 Å². The second-order valence-corrected chi connectivity index (χ2v) is 4.61. The summed E-state index contributed by atoms with van der Waals surface area (Å²) in [6, 6.07) is 9.08. The maximum absolute atomic E-state index is 10.5. The number of nitrogens with zero attached hydrogens (tertiary/aromatic N) is 1. The summed E-state index contributed by atoms with van der Waals surface area (Å²) in [7, 11) is 1.55. The molecule has 1 unspecified atom stereocenters. The summed E-state index contributed by atoms with van der Waals surface area (Å²) in [5.41, 5.74) is 2.42. The van der Waals surface area contributed by atoms with Crippen LogP contribution in [0.2, 0.25) is 5.02 Å². The number of hydrogen-bond donors (Lipinski definition) is 1. The highest BCUT2D eigenvalue weighted by Crippen LogP contribution is 2.30. The van der Waals surface area contributed by atoms with Gasteiger partial charge in [0.2, 0.25) is 0 Å². The molecule has 1 aromatic carbocycles. The van der Waals surface area contributed by atoms with Gasteiger partial charge >= 0.3 is 0 Å². The van der Waals surface area contributed by atoms with Crippen LogP contribution in [0.4, 0.5) is 0 Å². The topological polar surface area (TPSA) is 42.4 Å². The van der Waals surface area contributed by atoms with E-state index >= 15 is 0 Å². The number of aliphatic hydroxyl groups is 1. The summed E-state index contributed by atoms with van der Waals surface area (Å²) in [4.78, 5) is 4.28. The summed E-state index contributed by atoms with van der Waals surface area (Å²) in [6.07, 6.45) is 1.73. The van der Waals surface area contributed by atoms with Gasteiger partial charge in [0.05, 0.1) is 17.8 Å². The smallest absolute Gasteiger partial charge is 0.137 e. The molecule has 0 bridgehead atoms. The van der Waals surface area contributed by atoms with Crippen LogP contribution in [-0.2, 0) is 6.42 Å². The first kappa shape index (κ1) is 13.8. The van der Waals surface area contributed by atoms with Crippen LogP contribution in [0.15, 0.2) is 36.5 Å². The van der Waals surface area contributed by atoms with Gasteiger partial charge in [0.15, 0.2) is 0 Å². The SMILES string of the molecule is CCc1cccnc1C(O)c1ccc(Cl)c(OC)c1. The first-order valence-corrected chi connectivity index (χ1v) is 6.50. The van der Waals surface area contributed by atoms with E-state index in [4.69, 9.17) is 16.3 Å². The van der Waals surface area contributed by atoms with Crippen molar-refractivity contribution in [2.24, 2.45) is 0 Å². The Hall–Kier alpha value is -1.58. The van der Waals surface area contributed by atoms with Gasteiger partial charge in [-0.15, -0.1) is 0 Å². The molecule has 100 valence electrons. The molecule has 2 aromatic rings. The Kier molecular flexibility index (Phi) is 4.40. The van der Waals surface area contributed by atoms with Gasteiger partial charge in [-0.2, -0.15) is 0 Å². The predicted molar refractivity (Wildman–Crippen MR) is 75.7 cm³/mol. The van der Waals surface area contributed by atoms with Crippen molar-refractivity contribution >= 4 is 11.6 Å². The first-order valence-electron chi connectivity index (χ1n) is 6.12. The summed E-state index contributed by atoms with van der Waals surface area (Å²) in [5, 5.41) is 11.0. The van der Waals surface area contributed by atoms with E-state index < -0.39 is 6.10 Å². The average Bonchev–Trinajstić information content (AvgIpc) is 2.47. The fourth-order valence-corrected chi connectivity index (χ4v) is 2.20. The number of ether oxygens (including phenoxy) is 1. The maximum atomic E-state index is 10.5. The van der Waals surface area contributed by atoms with E-state index in [0.29, 0.717) is 16.5 Å². The van der Waals surface area contributed by atoms with Crippen LogP contribution in [0.25, 0.3) is 0 Å². The molecule has 1 atom stereocenters. The van der Waals surface area contributed by atoms with Crippen LogP contribution in [-0.4, -0.2) is 17.2 Å². The van der Waals surface area contributed by atoms with Crippen molar-refractivity contribution in [3.63, 3.8) is 0 Å². The Labute approximate surface area is 117 Å². The van der Waals surface area contributed by atoms with Gasteiger partial charge < -0.3 is 9.84 Å². The van der Waals surface area contributed by atoms with Gasteiger partial charge in [-0.25, -0.2) is 0 Å². The van der Waals surface area contributed by atoms with E-state index in [0.717, 1.165) is 17.5 Å². The zero-order valence-corrected chi connectivity index (χ0v) is 11.7. The van der Waals surface area contributed by atoms with Crippen molar-refractivity contribution in [1.82, 2.24) is 4.98 Å². The fourth-order valence-electron chi connectivity index (χ4n) is 2.00. The minimum Gasteiger partial charge on any atom is -0.495 e. The van der Waals surface area contributed by atoms with E-state index in [1.54, 1.807) is 31.5 Å². The van der Waals surface area contributed by atoms with Crippen LogP contribution >= 0.6 is 11.6 Å². The maximum Gasteiger partial charge on any atom is 0.137 e. The van der Waals surface area contributed by atoms with Crippen LogP contribution in [0.1, 0.15) is 29.8 Å². The van der Waals surface area contributed by atoms with Crippen molar-refractivity contribution in [1.29, 1.82) is 0 Å². The number of aryl methyl sites for hydroxylation is 1. The third-order valence-electron chi connectivity index (χ3n) is 3.06. The first-order chi connectivity index (χ1) is 9.17. The monoisotopic (exact) mass is 277 g/mol. The number of aliphatic hydroxyl groups excluding tert-OH is 1. The number of benzene rings is 1. The second kappa shape index (κ2) is 6.04. The van der Waals surface area contributed by atoms with E-state index in [1.165, 1.54) is 0 Å². The van der Waals surface area contributed by atoms with Crippen LogP contribution in [0.3, 0.4) is 0 Å². The highest BCUT2D eigenvalue weighted by molar-refractivity contribution is 6.32. The van der Waals surface area contributed by atoms with E-state index in [1.807, 2.05) is 19.1 Å². The molecule has 3 nitrogen and oxygen atoms in total. The second-order valence-electron chi connectivity index (χ2n) is 4.20. The Morgan fingerprint density at radius 3 is 2.84 bits per heavy atom. The van der Waals surface area contributed by atoms with Crippen molar-refractivity contribution in [3.05, 3.63) is 58.4 Å². The molecule has 1 N–H and O–H groups in total. The van der Waals surface area contributed by atoms with E-state index in [-0.39, 0.29) is 0 Å². The molecule has 0 amide bonds. The van der Waals surface area contributed by atoms with Crippen LogP contribution < -0.4 is 4.74 Å². The minimum atomic E-state index is -0.776. The molecule has 1 heterocycles. The lowest BCUT2D eigenvalue weighted by Gasteiger charge is -2.15. The number of pyridine rings is 1. The predicted octanol–water partition coefficient (Wildman–Crippen LogP) is 3.39. The number of halogens is 1. The highest BCUT2D eigenvalue weighted by Gasteiger charge is 2.16. The molecule has 0 aliphatic heterocycles. The molecule has 0 spiro atoms. The molecule has 2 rings (SSSR count). The van der Waals surface area contributed by atoms with Gasteiger partial charge in [-0.05, 0) is 35.7 Å². The zero-order chi connectivity index (χ0) is 13.8. The van der Waals surface area contributed by atoms with E-state index in [9.17, 15) is 5.11 Å². The standard InChI is InChI=1S/C15H16ClNO2/c1-3-10-5-4-8-17-14(10)15(18)11-6-7-12(16)13(9-11)19-2/h4-9,15,18H,3H2,1-2H3. The Bertz CT molecular complexity index is 572. The summed E-state index contributed by atoms with van der Waals surface area (Å²) < 4.78 is 5.16.